The molecule has 7 nitrogen and oxygen atoms in total. The zero-order chi connectivity index (χ0) is 16.8. The van der Waals surface area contributed by atoms with Crippen LogP contribution in [-0.4, -0.2) is 44.1 Å². The number of aromatic amines is 1. The van der Waals surface area contributed by atoms with Crippen molar-refractivity contribution in [3.63, 3.8) is 0 Å². The van der Waals surface area contributed by atoms with E-state index in [4.69, 9.17) is 15.8 Å². The van der Waals surface area contributed by atoms with Crippen LogP contribution in [0.2, 0.25) is 0 Å². The van der Waals surface area contributed by atoms with Crippen LogP contribution in [0, 0.1) is 5.92 Å². The number of hydrogen-bond acceptors (Lipinski definition) is 4. The number of imidazole rings is 1. The van der Waals surface area contributed by atoms with Crippen LogP contribution < -0.4 is 5.73 Å². The molecule has 3 aromatic rings. The van der Waals surface area contributed by atoms with Gasteiger partial charge in [0.2, 0.25) is 0 Å². The smallest absolute Gasteiger partial charge is 0.407 e. The van der Waals surface area contributed by atoms with Crippen LogP contribution in [0.3, 0.4) is 0 Å². The van der Waals surface area contributed by atoms with Crippen molar-refractivity contribution in [1.29, 1.82) is 0 Å². The number of carbonyl (C=O) groups is 1. The molecule has 3 heterocycles. The Labute approximate surface area is 146 Å². The SMILES string of the molecule is Nc1nc2cc(Br)ccc2c2nc(CC3CCN(C(=O)O)C3)[nH]c12. The molecule has 1 aliphatic rings. The Kier molecular flexibility index (Phi) is 3.56. The number of nitrogen functional groups attached to an aromatic ring is 1. The fraction of sp³-hybridized carbons (Fsp3) is 0.312. The second-order valence-corrected chi connectivity index (χ2v) is 7.07. The maximum absolute atomic E-state index is 11.0. The Morgan fingerprint density at radius 1 is 1.46 bits per heavy atom. The second-order valence-electron chi connectivity index (χ2n) is 6.15. The molecule has 1 fully saturated rings. The van der Waals surface area contributed by atoms with E-state index >= 15 is 0 Å². The topological polar surface area (TPSA) is 108 Å². The fourth-order valence-electron chi connectivity index (χ4n) is 3.33. The van der Waals surface area contributed by atoms with Gasteiger partial charge >= 0.3 is 6.09 Å². The van der Waals surface area contributed by atoms with E-state index in [1.807, 2.05) is 18.2 Å². The standard InChI is InChI=1S/C16H16BrN5O2/c17-9-1-2-10-11(6-9)19-15(18)14-13(10)20-12(21-14)5-8-3-4-22(7-8)16(23)24/h1-2,6,8H,3-5,7H2,(H2,18,19)(H,20,21)(H,23,24). The first-order valence-corrected chi connectivity index (χ1v) is 8.52. The predicted molar refractivity (Wildman–Crippen MR) is 94.9 cm³/mol. The van der Waals surface area contributed by atoms with E-state index in [1.54, 1.807) is 0 Å². The molecule has 24 heavy (non-hydrogen) atoms. The highest BCUT2D eigenvalue weighted by molar-refractivity contribution is 9.10. The van der Waals surface area contributed by atoms with Crippen molar-refractivity contribution in [2.24, 2.45) is 5.92 Å². The highest BCUT2D eigenvalue weighted by Gasteiger charge is 2.27. The number of rotatable bonds is 2. The zero-order valence-electron chi connectivity index (χ0n) is 12.8. The lowest BCUT2D eigenvalue weighted by Crippen LogP contribution is -2.26. The molecule has 0 bridgehead atoms. The summed E-state index contributed by atoms with van der Waals surface area (Å²) in [5.41, 5.74) is 8.43. The van der Waals surface area contributed by atoms with Gasteiger partial charge in [-0.15, -0.1) is 0 Å². The molecule has 4 N–H and O–H groups in total. The predicted octanol–water partition coefficient (Wildman–Crippen LogP) is 3.00. The number of nitrogens with one attached hydrogen (secondary N) is 1. The number of likely N-dealkylation sites (tertiary alicyclic amines) is 1. The first-order valence-electron chi connectivity index (χ1n) is 7.72. The van der Waals surface area contributed by atoms with Gasteiger partial charge in [-0.25, -0.2) is 14.8 Å². The van der Waals surface area contributed by atoms with Crippen molar-refractivity contribution in [3.05, 3.63) is 28.5 Å². The van der Waals surface area contributed by atoms with Crippen LogP contribution in [0.5, 0.6) is 0 Å². The van der Waals surface area contributed by atoms with E-state index in [-0.39, 0.29) is 5.92 Å². The lowest BCUT2D eigenvalue weighted by molar-refractivity contribution is 0.154. The molecule has 0 radical (unpaired) electrons. The minimum Gasteiger partial charge on any atom is -0.465 e. The fourth-order valence-corrected chi connectivity index (χ4v) is 3.68. The normalized spacial score (nSPS) is 17.9. The molecule has 0 spiro atoms. The van der Waals surface area contributed by atoms with Gasteiger partial charge in [0.15, 0.2) is 0 Å². The van der Waals surface area contributed by atoms with Crippen LogP contribution >= 0.6 is 15.9 Å². The van der Waals surface area contributed by atoms with Gasteiger partial charge in [-0.2, -0.15) is 0 Å². The van der Waals surface area contributed by atoms with Crippen LogP contribution in [0.4, 0.5) is 10.6 Å². The summed E-state index contributed by atoms with van der Waals surface area (Å²) in [4.78, 5) is 24.9. The number of nitrogens with two attached hydrogens (primary N) is 1. The number of aromatic nitrogens is 3. The zero-order valence-corrected chi connectivity index (χ0v) is 14.4. The highest BCUT2D eigenvalue weighted by atomic mass is 79.9. The van der Waals surface area contributed by atoms with E-state index in [1.165, 1.54) is 4.90 Å². The van der Waals surface area contributed by atoms with Crippen molar-refractivity contribution in [1.82, 2.24) is 19.9 Å². The molecule has 1 unspecified atom stereocenters. The van der Waals surface area contributed by atoms with Crippen LogP contribution in [0.1, 0.15) is 12.2 Å². The summed E-state index contributed by atoms with van der Waals surface area (Å²) in [6, 6.07) is 5.84. The quantitative estimate of drug-likeness (QED) is 0.624. The maximum Gasteiger partial charge on any atom is 0.407 e. The van der Waals surface area contributed by atoms with Gasteiger partial charge in [-0.05, 0) is 30.5 Å². The van der Waals surface area contributed by atoms with Crippen molar-refractivity contribution >= 4 is 49.8 Å². The first-order chi connectivity index (χ1) is 11.5. The molecular weight excluding hydrogens is 374 g/mol. The van der Waals surface area contributed by atoms with E-state index in [9.17, 15) is 4.79 Å². The van der Waals surface area contributed by atoms with E-state index in [2.05, 4.69) is 25.9 Å². The number of anilines is 1. The number of halogens is 1. The Morgan fingerprint density at radius 3 is 3.04 bits per heavy atom. The number of benzene rings is 1. The maximum atomic E-state index is 11.0. The average Bonchev–Trinajstić information content (AvgIpc) is 3.15. The van der Waals surface area contributed by atoms with Gasteiger partial charge in [0, 0.05) is 29.4 Å². The minimum atomic E-state index is -0.855. The molecule has 4 rings (SSSR count). The van der Waals surface area contributed by atoms with Crippen molar-refractivity contribution in [2.75, 3.05) is 18.8 Å². The van der Waals surface area contributed by atoms with Crippen LogP contribution in [-0.2, 0) is 6.42 Å². The molecule has 8 heteroatoms. The first kappa shape index (κ1) is 15.2. The Bertz CT molecular complexity index is 954. The second kappa shape index (κ2) is 5.62. The number of hydrogen-bond donors (Lipinski definition) is 3. The van der Waals surface area contributed by atoms with Gasteiger partial charge < -0.3 is 20.7 Å². The molecule has 0 saturated carbocycles. The molecule has 1 saturated heterocycles. The van der Waals surface area contributed by atoms with E-state index in [0.717, 1.165) is 38.7 Å². The summed E-state index contributed by atoms with van der Waals surface area (Å²) in [6.45, 7) is 1.13. The number of pyridine rings is 1. The summed E-state index contributed by atoms with van der Waals surface area (Å²) in [5.74, 6) is 1.52. The molecule has 1 aliphatic heterocycles. The number of fused-ring (bicyclic) bond motifs is 3. The molecule has 2 aromatic heterocycles. The number of carboxylic acid groups (broad SMARTS) is 1. The lowest BCUT2D eigenvalue weighted by atomic mass is 10.1. The van der Waals surface area contributed by atoms with Gasteiger partial charge in [-0.1, -0.05) is 15.9 Å². The van der Waals surface area contributed by atoms with Crippen molar-refractivity contribution in [2.45, 2.75) is 12.8 Å². The molecule has 1 atom stereocenters. The minimum absolute atomic E-state index is 0.274. The Morgan fingerprint density at radius 2 is 2.29 bits per heavy atom. The summed E-state index contributed by atoms with van der Waals surface area (Å²) >= 11 is 3.44. The van der Waals surface area contributed by atoms with Gasteiger partial charge in [-0.3, -0.25) is 0 Å². The van der Waals surface area contributed by atoms with Crippen molar-refractivity contribution < 1.29 is 9.90 Å². The average molecular weight is 390 g/mol. The third-order valence-electron chi connectivity index (χ3n) is 4.50. The third kappa shape index (κ3) is 2.56. The van der Waals surface area contributed by atoms with Crippen LogP contribution in [0.15, 0.2) is 22.7 Å². The molecule has 1 amide bonds. The number of H-pyrrole nitrogens is 1. The monoisotopic (exact) mass is 389 g/mol. The Balaban J connectivity index is 1.69. The molecular formula is C16H16BrN5O2. The Hall–Kier alpha value is -2.35. The third-order valence-corrected chi connectivity index (χ3v) is 5.00. The van der Waals surface area contributed by atoms with Gasteiger partial charge in [0.05, 0.1) is 5.52 Å². The summed E-state index contributed by atoms with van der Waals surface area (Å²) in [5, 5.41) is 10.0. The highest BCUT2D eigenvalue weighted by Crippen LogP contribution is 2.29. The van der Waals surface area contributed by atoms with Gasteiger partial charge in [0.1, 0.15) is 22.7 Å². The lowest BCUT2D eigenvalue weighted by Gasteiger charge is -2.11. The molecule has 124 valence electrons. The van der Waals surface area contributed by atoms with Crippen molar-refractivity contribution in [3.8, 4) is 0 Å². The van der Waals surface area contributed by atoms with E-state index in [0.29, 0.717) is 25.3 Å². The summed E-state index contributed by atoms with van der Waals surface area (Å²) in [7, 11) is 0. The largest absolute Gasteiger partial charge is 0.465 e. The van der Waals surface area contributed by atoms with Gasteiger partial charge in [0.25, 0.3) is 0 Å². The van der Waals surface area contributed by atoms with E-state index < -0.39 is 6.09 Å². The number of nitrogens with zero attached hydrogens (tertiary/aromatic N) is 3. The number of amides is 1. The molecule has 1 aromatic carbocycles. The summed E-state index contributed by atoms with van der Waals surface area (Å²) < 4.78 is 0.941. The van der Waals surface area contributed by atoms with Crippen LogP contribution in [0.25, 0.3) is 21.9 Å². The summed E-state index contributed by atoms with van der Waals surface area (Å²) in [6.07, 6.45) is 0.702. The molecule has 0 aliphatic carbocycles.